The molecule has 0 fully saturated rings. The van der Waals surface area contributed by atoms with E-state index in [9.17, 15) is 9.59 Å². The van der Waals surface area contributed by atoms with Gasteiger partial charge in [0.05, 0.1) is 0 Å². The van der Waals surface area contributed by atoms with Gasteiger partial charge >= 0.3 is 0 Å². The van der Waals surface area contributed by atoms with E-state index < -0.39 is 0 Å². The third kappa shape index (κ3) is 6.55. The molecule has 0 aliphatic heterocycles. The molecule has 3 nitrogen and oxygen atoms in total. The van der Waals surface area contributed by atoms with Crippen LogP contribution in [0.3, 0.4) is 0 Å². The van der Waals surface area contributed by atoms with Crippen LogP contribution in [-0.2, 0) is 9.59 Å². The van der Waals surface area contributed by atoms with Crippen molar-refractivity contribution in [3.8, 4) is 0 Å². The molecule has 1 amide bonds. The second-order valence-electron chi connectivity index (χ2n) is 3.73. The molecular formula is C11H21NO2S. The highest BCUT2D eigenvalue weighted by Crippen LogP contribution is 2.08. The molecule has 0 aromatic heterocycles. The summed E-state index contributed by atoms with van der Waals surface area (Å²) in [7, 11) is 0. The Kier molecular flexibility index (Phi) is 7.48. The van der Waals surface area contributed by atoms with Crippen LogP contribution in [0.1, 0.15) is 40.5 Å². The Morgan fingerprint density at radius 3 is 2.27 bits per heavy atom. The van der Waals surface area contributed by atoms with Gasteiger partial charge in [0.2, 0.25) is 5.91 Å². The summed E-state index contributed by atoms with van der Waals surface area (Å²) < 4.78 is 0. The summed E-state index contributed by atoms with van der Waals surface area (Å²) in [6.07, 6.45) is 1.71. The molecule has 0 aromatic rings. The van der Waals surface area contributed by atoms with Crippen LogP contribution in [0.15, 0.2) is 0 Å². The minimum Gasteiger partial charge on any atom is -0.352 e. The van der Waals surface area contributed by atoms with Gasteiger partial charge in [-0.05, 0) is 12.8 Å². The lowest BCUT2D eigenvalue weighted by molar-refractivity contribution is -0.125. The minimum atomic E-state index is 0.0568. The van der Waals surface area contributed by atoms with Crippen molar-refractivity contribution in [2.24, 2.45) is 5.92 Å². The van der Waals surface area contributed by atoms with Gasteiger partial charge in [-0.25, -0.2) is 0 Å². The van der Waals surface area contributed by atoms with Crippen LogP contribution >= 0.6 is 11.8 Å². The van der Waals surface area contributed by atoms with E-state index in [1.807, 2.05) is 20.8 Å². The fourth-order valence-electron chi connectivity index (χ4n) is 1.01. The monoisotopic (exact) mass is 231 g/mol. The van der Waals surface area contributed by atoms with Gasteiger partial charge in [-0.3, -0.25) is 9.59 Å². The van der Waals surface area contributed by atoms with E-state index in [1.165, 1.54) is 11.8 Å². The third-order valence-corrected chi connectivity index (χ3v) is 3.36. The van der Waals surface area contributed by atoms with E-state index in [0.717, 1.165) is 12.8 Å². The lowest BCUT2D eigenvalue weighted by Gasteiger charge is -2.18. The van der Waals surface area contributed by atoms with Crippen molar-refractivity contribution >= 4 is 22.8 Å². The molecule has 2 atom stereocenters. The highest BCUT2D eigenvalue weighted by Gasteiger charge is 2.15. The molecule has 0 saturated carbocycles. The van der Waals surface area contributed by atoms with Crippen molar-refractivity contribution in [3.63, 3.8) is 0 Å². The zero-order valence-electron chi connectivity index (χ0n) is 10.0. The normalized spacial score (nSPS) is 14.4. The van der Waals surface area contributed by atoms with Gasteiger partial charge in [0.15, 0.2) is 5.12 Å². The second kappa shape index (κ2) is 7.74. The van der Waals surface area contributed by atoms with E-state index in [1.54, 1.807) is 6.92 Å². The number of carbonyl (C=O) groups excluding carboxylic acids is 2. The molecule has 0 radical (unpaired) electrons. The quantitative estimate of drug-likeness (QED) is 0.762. The number of amides is 1. The first-order valence-corrected chi connectivity index (χ1v) is 6.43. The van der Waals surface area contributed by atoms with Crippen LogP contribution in [-0.4, -0.2) is 22.8 Å². The standard InChI is InChI=1S/C11H21NO2S/c1-5-8(3)11(14)12-10(6-2)7-15-9(4)13/h8,10H,5-7H2,1-4H3,(H,12,14). The number of hydrogen-bond donors (Lipinski definition) is 1. The van der Waals surface area contributed by atoms with Gasteiger partial charge in [0.1, 0.15) is 0 Å². The molecule has 0 rings (SSSR count). The lowest BCUT2D eigenvalue weighted by atomic mass is 10.1. The highest BCUT2D eigenvalue weighted by atomic mass is 32.2. The Bertz CT molecular complexity index is 219. The molecule has 0 aliphatic rings. The van der Waals surface area contributed by atoms with Crippen molar-refractivity contribution in [2.45, 2.75) is 46.6 Å². The zero-order chi connectivity index (χ0) is 11.8. The number of rotatable bonds is 6. The van der Waals surface area contributed by atoms with Crippen LogP contribution in [0.5, 0.6) is 0 Å². The summed E-state index contributed by atoms with van der Waals surface area (Å²) in [5.74, 6) is 0.823. The third-order valence-electron chi connectivity index (χ3n) is 2.39. The highest BCUT2D eigenvalue weighted by molar-refractivity contribution is 8.13. The lowest BCUT2D eigenvalue weighted by Crippen LogP contribution is -2.39. The maximum Gasteiger partial charge on any atom is 0.223 e. The predicted octanol–water partition coefficient (Wildman–Crippen LogP) is 2.21. The van der Waals surface area contributed by atoms with Gasteiger partial charge in [-0.2, -0.15) is 0 Å². The van der Waals surface area contributed by atoms with E-state index in [0.29, 0.717) is 5.75 Å². The van der Waals surface area contributed by atoms with Gasteiger partial charge in [-0.1, -0.05) is 32.5 Å². The molecule has 2 unspecified atom stereocenters. The van der Waals surface area contributed by atoms with Gasteiger partial charge < -0.3 is 5.32 Å². The Labute approximate surface area is 96.4 Å². The smallest absolute Gasteiger partial charge is 0.223 e. The predicted molar refractivity (Wildman–Crippen MR) is 64.8 cm³/mol. The van der Waals surface area contributed by atoms with E-state index in [2.05, 4.69) is 5.32 Å². The summed E-state index contributed by atoms with van der Waals surface area (Å²) in [5.41, 5.74) is 0. The van der Waals surface area contributed by atoms with Crippen LogP contribution < -0.4 is 5.32 Å². The SMILES string of the molecule is CCC(CSC(C)=O)NC(=O)C(C)CC. The molecule has 0 saturated heterocycles. The first kappa shape index (κ1) is 14.5. The number of nitrogens with one attached hydrogen (secondary N) is 1. The fourth-order valence-corrected chi connectivity index (χ4v) is 1.76. The molecule has 0 heterocycles. The van der Waals surface area contributed by atoms with Gasteiger partial charge in [0, 0.05) is 24.6 Å². The minimum absolute atomic E-state index is 0.0568. The first-order valence-electron chi connectivity index (χ1n) is 5.44. The van der Waals surface area contributed by atoms with Crippen molar-refractivity contribution in [1.29, 1.82) is 0 Å². The Morgan fingerprint density at radius 1 is 1.27 bits per heavy atom. The van der Waals surface area contributed by atoms with Crippen molar-refractivity contribution in [2.75, 3.05) is 5.75 Å². The average Bonchev–Trinajstić information content (AvgIpc) is 2.22. The summed E-state index contributed by atoms with van der Waals surface area (Å²) >= 11 is 1.27. The van der Waals surface area contributed by atoms with E-state index in [4.69, 9.17) is 0 Å². The summed E-state index contributed by atoms with van der Waals surface area (Å²) in [6, 6.07) is 0.111. The number of hydrogen-bond acceptors (Lipinski definition) is 3. The van der Waals surface area contributed by atoms with E-state index >= 15 is 0 Å². The van der Waals surface area contributed by atoms with Crippen LogP contribution in [0.4, 0.5) is 0 Å². The molecule has 0 bridgehead atoms. The molecule has 0 aromatic carbocycles. The number of carbonyl (C=O) groups is 2. The fraction of sp³-hybridized carbons (Fsp3) is 0.818. The topological polar surface area (TPSA) is 46.2 Å². The second-order valence-corrected chi connectivity index (χ2v) is 4.92. The Morgan fingerprint density at radius 2 is 1.87 bits per heavy atom. The van der Waals surface area contributed by atoms with Crippen LogP contribution in [0.2, 0.25) is 0 Å². The van der Waals surface area contributed by atoms with Crippen molar-refractivity contribution in [3.05, 3.63) is 0 Å². The first-order chi connectivity index (χ1) is 7.01. The maximum absolute atomic E-state index is 11.6. The molecule has 0 aliphatic carbocycles. The van der Waals surface area contributed by atoms with Gasteiger partial charge in [-0.15, -0.1) is 0 Å². The molecule has 88 valence electrons. The summed E-state index contributed by atoms with van der Waals surface area (Å²) in [6.45, 7) is 7.48. The van der Waals surface area contributed by atoms with Crippen molar-refractivity contribution in [1.82, 2.24) is 5.32 Å². The molecular weight excluding hydrogens is 210 g/mol. The van der Waals surface area contributed by atoms with E-state index in [-0.39, 0.29) is 23.0 Å². The van der Waals surface area contributed by atoms with Crippen molar-refractivity contribution < 1.29 is 9.59 Å². The Hall–Kier alpha value is -0.510. The summed E-state index contributed by atoms with van der Waals surface area (Å²) in [4.78, 5) is 22.4. The van der Waals surface area contributed by atoms with Crippen LogP contribution in [0.25, 0.3) is 0 Å². The van der Waals surface area contributed by atoms with Crippen LogP contribution in [0, 0.1) is 5.92 Å². The molecule has 0 spiro atoms. The number of thioether (sulfide) groups is 1. The Balaban J connectivity index is 3.98. The maximum atomic E-state index is 11.6. The van der Waals surface area contributed by atoms with Gasteiger partial charge in [0.25, 0.3) is 0 Å². The molecule has 1 N–H and O–H groups in total. The zero-order valence-corrected chi connectivity index (χ0v) is 10.8. The largest absolute Gasteiger partial charge is 0.352 e. The molecule has 15 heavy (non-hydrogen) atoms. The average molecular weight is 231 g/mol. The molecule has 4 heteroatoms. The summed E-state index contributed by atoms with van der Waals surface area (Å²) in [5, 5.41) is 3.06.